The van der Waals surface area contributed by atoms with Gasteiger partial charge in [-0.15, -0.1) is 11.3 Å². The summed E-state index contributed by atoms with van der Waals surface area (Å²) in [5.41, 5.74) is 1.63. The zero-order valence-electron chi connectivity index (χ0n) is 11.6. The molecule has 2 aromatic heterocycles. The second-order valence-electron chi connectivity index (χ2n) is 5.03. The van der Waals surface area contributed by atoms with Gasteiger partial charge in [-0.05, 0) is 24.3 Å². The molecule has 23 heavy (non-hydrogen) atoms. The number of imidazole rings is 1. The van der Waals surface area contributed by atoms with E-state index >= 15 is 0 Å². The van der Waals surface area contributed by atoms with Crippen LogP contribution in [-0.4, -0.2) is 15.9 Å². The largest absolute Gasteiger partial charge is 0.323 e. The first-order valence-corrected chi connectivity index (χ1v) is 8.02. The number of aromatic amines is 2. The number of nitrogens with one attached hydrogen (secondary N) is 3. The van der Waals surface area contributed by atoms with Crippen molar-refractivity contribution in [2.45, 2.75) is 0 Å². The zero-order chi connectivity index (χ0) is 16.0. The number of aromatic nitrogens is 2. The van der Waals surface area contributed by atoms with Gasteiger partial charge in [-0.2, -0.15) is 0 Å². The Hall–Kier alpha value is -2.57. The number of thiophene rings is 1. The topological polar surface area (TPSA) is 77.8 Å². The van der Waals surface area contributed by atoms with Crippen molar-refractivity contribution in [3.63, 3.8) is 0 Å². The number of fused-ring (bicyclic) bond motifs is 2. The van der Waals surface area contributed by atoms with Gasteiger partial charge < -0.3 is 15.3 Å². The first-order valence-electron chi connectivity index (χ1n) is 6.82. The highest BCUT2D eigenvalue weighted by atomic mass is 35.5. The molecule has 1 amide bonds. The van der Waals surface area contributed by atoms with E-state index in [0.717, 1.165) is 10.1 Å². The number of anilines is 1. The Kier molecular flexibility index (Phi) is 3.21. The van der Waals surface area contributed by atoms with E-state index in [2.05, 4.69) is 15.3 Å². The summed E-state index contributed by atoms with van der Waals surface area (Å²) in [5, 5.41) is 4.14. The maximum atomic E-state index is 12.5. The van der Waals surface area contributed by atoms with E-state index in [1.807, 2.05) is 24.3 Å². The summed E-state index contributed by atoms with van der Waals surface area (Å²) in [7, 11) is 0. The monoisotopic (exact) mass is 343 g/mol. The second kappa shape index (κ2) is 5.26. The predicted molar refractivity (Wildman–Crippen MR) is 93.7 cm³/mol. The quantitative estimate of drug-likeness (QED) is 0.515. The fourth-order valence-corrected chi connectivity index (χ4v) is 3.87. The minimum absolute atomic E-state index is 0.270. The van der Waals surface area contributed by atoms with Crippen molar-refractivity contribution in [2.75, 3.05) is 5.32 Å². The Balaban J connectivity index is 1.69. The van der Waals surface area contributed by atoms with Crippen molar-refractivity contribution in [3.8, 4) is 0 Å². The Bertz CT molecular complexity index is 1110. The molecule has 0 radical (unpaired) electrons. The molecule has 0 fully saturated rings. The van der Waals surface area contributed by atoms with E-state index in [-0.39, 0.29) is 11.6 Å². The van der Waals surface area contributed by atoms with E-state index < -0.39 is 0 Å². The van der Waals surface area contributed by atoms with E-state index in [1.165, 1.54) is 11.3 Å². The first kappa shape index (κ1) is 14.0. The van der Waals surface area contributed by atoms with Gasteiger partial charge >= 0.3 is 5.69 Å². The van der Waals surface area contributed by atoms with Crippen LogP contribution in [-0.2, 0) is 0 Å². The number of hydrogen-bond donors (Lipinski definition) is 3. The summed E-state index contributed by atoms with van der Waals surface area (Å²) >= 11 is 7.66. The van der Waals surface area contributed by atoms with Crippen molar-refractivity contribution < 1.29 is 4.79 Å². The van der Waals surface area contributed by atoms with Gasteiger partial charge in [-0.3, -0.25) is 4.79 Å². The molecule has 0 saturated heterocycles. The van der Waals surface area contributed by atoms with E-state index in [9.17, 15) is 9.59 Å². The number of amides is 1. The molecule has 0 saturated carbocycles. The molecular formula is C16H10ClN3O2S. The lowest BCUT2D eigenvalue weighted by atomic mass is 10.2. The molecule has 0 aliphatic rings. The summed E-state index contributed by atoms with van der Waals surface area (Å²) in [4.78, 5) is 29.5. The minimum atomic E-state index is -0.281. The normalized spacial score (nSPS) is 11.2. The van der Waals surface area contributed by atoms with Gasteiger partial charge in [0.1, 0.15) is 4.88 Å². The summed E-state index contributed by atoms with van der Waals surface area (Å²) < 4.78 is 0.966. The highest BCUT2D eigenvalue weighted by molar-refractivity contribution is 7.21. The maximum absolute atomic E-state index is 12.5. The molecule has 0 unspecified atom stereocenters. The third-order valence-corrected chi connectivity index (χ3v) is 5.19. The number of halogens is 1. The molecule has 114 valence electrons. The lowest BCUT2D eigenvalue weighted by molar-refractivity contribution is 0.103. The second-order valence-corrected chi connectivity index (χ2v) is 6.47. The molecule has 5 nitrogen and oxygen atoms in total. The molecule has 2 heterocycles. The summed E-state index contributed by atoms with van der Waals surface area (Å²) in [5.74, 6) is -0.270. The number of rotatable bonds is 2. The summed E-state index contributed by atoms with van der Waals surface area (Å²) in [6.07, 6.45) is 0. The Morgan fingerprint density at radius 3 is 2.70 bits per heavy atom. The third-order valence-electron chi connectivity index (χ3n) is 3.51. The van der Waals surface area contributed by atoms with Gasteiger partial charge in [0.05, 0.1) is 16.1 Å². The van der Waals surface area contributed by atoms with Crippen LogP contribution in [0.2, 0.25) is 5.02 Å². The Labute approximate surface area is 138 Å². The van der Waals surface area contributed by atoms with Crippen LogP contribution in [0.5, 0.6) is 0 Å². The van der Waals surface area contributed by atoms with Gasteiger partial charge in [-0.25, -0.2) is 4.79 Å². The summed E-state index contributed by atoms with van der Waals surface area (Å²) in [6, 6.07) is 12.8. The van der Waals surface area contributed by atoms with E-state index in [0.29, 0.717) is 26.6 Å². The van der Waals surface area contributed by atoms with Crippen LogP contribution in [0.15, 0.2) is 47.3 Å². The van der Waals surface area contributed by atoms with Crippen LogP contribution in [0.25, 0.3) is 21.1 Å². The third kappa shape index (κ3) is 2.42. The average molecular weight is 344 g/mol. The highest BCUT2D eigenvalue weighted by Crippen LogP contribution is 2.35. The van der Waals surface area contributed by atoms with Crippen LogP contribution in [0.4, 0.5) is 5.69 Å². The molecule has 4 rings (SSSR count). The molecule has 0 bridgehead atoms. The Morgan fingerprint density at radius 2 is 1.87 bits per heavy atom. The first-order chi connectivity index (χ1) is 11.1. The maximum Gasteiger partial charge on any atom is 0.323 e. The van der Waals surface area contributed by atoms with Crippen molar-refractivity contribution in [1.82, 2.24) is 9.97 Å². The molecule has 0 aliphatic carbocycles. The number of carbonyl (C=O) groups is 1. The van der Waals surface area contributed by atoms with Gasteiger partial charge in [0.25, 0.3) is 5.91 Å². The van der Waals surface area contributed by atoms with Crippen LogP contribution in [0.1, 0.15) is 9.67 Å². The standard InChI is InChI=1S/C16H10ClN3O2S/c17-13-9-3-1-2-4-12(9)23-14(13)15(21)18-8-5-6-10-11(7-8)20-16(22)19-10/h1-7H,(H,18,21)(H2,19,20,22). The summed E-state index contributed by atoms with van der Waals surface area (Å²) in [6.45, 7) is 0. The minimum Gasteiger partial charge on any atom is -0.321 e. The molecule has 2 aromatic carbocycles. The lowest BCUT2D eigenvalue weighted by Gasteiger charge is -2.04. The fraction of sp³-hybridized carbons (Fsp3) is 0. The van der Waals surface area contributed by atoms with Crippen LogP contribution < -0.4 is 11.0 Å². The van der Waals surface area contributed by atoms with Gasteiger partial charge in [0.15, 0.2) is 0 Å². The molecule has 7 heteroatoms. The number of benzene rings is 2. The lowest BCUT2D eigenvalue weighted by Crippen LogP contribution is -2.10. The molecule has 0 spiro atoms. The van der Waals surface area contributed by atoms with Crippen LogP contribution >= 0.6 is 22.9 Å². The van der Waals surface area contributed by atoms with Crippen LogP contribution in [0.3, 0.4) is 0 Å². The average Bonchev–Trinajstić information content (AvgIpc) is 3.07. The SMILES string of the molecule is O=C(Nc1ccc2[nH]c(=O)[nH]c2c1)c1sc2ccccc2c1Cl. The predicted octanol–water partition coefficient (Wildman–Crippen LogP) is 3.98. The zero-order valence-corrected chi connectivity index (χ0v) is 13.2. The Morgan fingerprint density at radius 1 is 1.09 bits per heavy atom. The number of hydrogen-bond acceptors (Lipinski definition) is 3. The van der Waals surface area contributed by atoms with Gasteiger partial charge in [0, 0.05) is 15.8 Å². The molecule has 0 atom stereocenters. The van der Waals surface area contributed by atoms with Crippen LogP contribution in [0, 0.1) is 0 Å². The van der Waals surface area contributed by atoms with Crippen molar-refractivity contribution >= 4 is 55.7 Å². The number of carbonyl (C=O) groups excluding carboxylic acids is 1. The smallest absolute Gasteiger partial charge is 0.321 e. The molecule has 4 aromatic rings. The molecule has 3 N–H and O–H groups in total. The van der Waals surface area contributed by atoms with Gasteiger partial charge in [0.2, 0.25) is 0 Å². The van der Waals surface area contributed by atoms with Gasteiger partial charge in [-0.1, -0.05) is 29.8 Å². The van der Waals surface area contributed by atoms with Crippen molar-refractivity contribution in [2.24, 2.45) is 0 Å². The van der Waals surface area contributed by atoms with Crippen molar-refractivity contribution in [1.29, 1.82) is 0 Å². The number of H-pyrrole nitrogens is 2. The van der Waals surface area contributed by atoms with E-state index in [4.69, 9.17) is 11.6 Å². The van der Waals surface area contributed by atoms with E-state index in [1.54, 1.807) is 18.2 Å². The molecule has 0 aliphatic heterocycles. The highest BCUT2D eigenvalue weighted by Gasteiger charge is 2.17. The molecular weight excluding hydrogens is 334 g/mol. The van der Waals surface area contributed by atoms with Crippen molar-refractivity contribution in [3.05, 3.63) is 62.8 Å². The fourth-order valence-electron chi connectivity index (χ4n) is 2.46.